The number of rotatable bonds is 4. The number of nitrogens with two attached hydrogens (primary N) is 1. The van der Waals surface area contributed by atoms with Gasteiger partial charge >= 0.3 is 5.97 Å². The van der Waals surface area contributed by atoms with E-state index >= 15 is 0 Å². The summed E-state index contributed by atoms with van der Waals surface area (Å²) >= 11 is 0. The summed E-state index contributed by atoms with van der Waals surface area (Å²) in [6.45, 7) is 10.6. The fourth-order valence-electron chi connectivity index (χ4n) is 7.96. The van der Waals surface area contributed by atoms with Gasteiger partial charge in [0.1, 0.15) is 17.9 Å². The molecule has 0 aromatic rings. The zero-order valence-corrected chi connectivity index (χ0v) is 19.6. The van der Waals surface area contributed by atoms with Crippen molar-refractivity contribution >= 4 is 11.8 Å². The van der Waals surface area contributed by atoms with E-state index < -0.39 is 6.04 Å². The molecule has 0 saturated heterocycles. The lowest BCUT2D eigenvalue weighted by atomic mass is 9.46. The molecule has 0 aromatic carbocycles. The monoisotopic (exact) mass is 415 g/mol. The topological polar surface area (TPSA) is 69.4 Å². The highest BCUT2D eigenvalue weighted by atomic mass is 16.5. The highest BCUT2D eigenvalue weighted by molar-refractivity contribution is 5.79. The van der Waals surface area contributed by atoms with Crippen molar-refractivity contribution in [2.24, 2.45) is 46.2 Å². The second-order valence-corrected chi connectivity index (χ2v) is 11.6. The molecule has 4 rings (SSSR count). The molecule has 0 spiro atoms. The van der Waals surface area contributed by atoms with E-state index in [-0.39, 0.29) is 34.7 Å². The maximum absolute atomic E-state index is 12.4. The van der Waals surface area contributed by atoms with Crippen molar-refractivity contribution < 1.29 is 14.3 Å². The Balaban J connectivity index is 1.51. The van der Waals surface area contributed by atoms with E-state index in [0.29, 0.717) is 17.6 Å². The minimum atomic E-state index is -0.542. The van der Waals surface area contributed by atoms with Gasteiger partial charge in [-0.25, -0.2) is 0 Å². The van der Waals surface area contributed by atoms with Gasteiger partial charge in [0.25, 0.3) is 0 Å². The number of ketones is 1. The first kappa shape index (κ1) is 22.0. The summed E-state index contributed by atoms with van der Waals surface area (Å²) in [6, 6.07) is -0.542. The van der Waals surface area contributed by atoms with Gasteiger partial charge in [0.05, 0.1) is 0 Å². The second-order valence-electron chi connectivity index (χ2n) is 11.6. The molecule has 0 unspecified atom stereocenters. The quantitative estimate of drug-likeness (QED) is 0.515. The van der Waals surface area contributed by atoms with Crippen molar-refractivity contribution in [1.29, 1.82) is 0 Å². The van der Waals surface area contributed by atoms with E-state index in [1.165, 1.54) is 31.3 Å². The van der Waals surface area contributed by atoms with Gasteiger partial charge in [0, 0.05) is 5.92 Å². The van der Waals surface area contributed by atoms with E-state index in [2.05, 4.69) is 19.9 Å². The number of hydrogen-bond donors (Lipinski definition) is 1. The fourth-order valence-corrected chi connectivity index (χ4v) is 7.96. The molecule has 2 N–H and O–H groups in total. The van der Waals surface area contributed by atoms with Gasteiger partial charge in [-0.15, -0.1) is 0 Å². The second kappa shape index (κ2) is 7.76. The smallest absolute Gasteiger partial charge is 0.323 e. The van der Waals surface area contributed by atoms with Crippen LogP contribution in [-0.2, 0) is 14.3 Å². The Morgan fingerprint density at radius 1 is 1.07 bits per heavy atom. The highest BCUT2D eigenvalue weighted by Gasteiger charge is 2.59. The number of allylic oxidation sites excluding steroid dienone is 1. The zero-order chi connectivity index (χ0) is 21.8. The highest BCUT2D eigenvalue weighted by Crippen LogP contribution is 2.66. The number of Topliss-reactive ketones (excluding diaryl/α,β-unsaturated/α-hetero) is 1. The first-order valence-corrected chi connectivity index (χ1v) is 12.3. The summed E-state index contributed by atoms with van der Waals surface area (Å²) in [7, 11) is 0. The van der Waals surface area contributed by atoms with Crippen molar-refractivity contribution in [3.05, 3.63) is 11.6 Å². The molecule has 3 saturated carbocycles. The Kier molecular flexibility index (Phi) is 5.70. The van der Waals surface area contributed by atoms with Crippen LogP contribution in [0, 0.1) is 40.4 Å². The molecule has 0 aromatic heterocycles. The number of carbonyl (C=O) groups excluding carboxylic acids is 2. The van der Waals surface area contributed by atoms with E-state index in [1.54, 1.807) is 6.92 Å². The summed E-state index contributed by atoms with van der Waals surface area (Å²) in [4.78, 5) is 24.7. The molecule has 4 nitrogen and oxygen atoms in total. The molecule has 4 heteroatoms. The van der Waals surface area contributed by atoms with Crippen molar-refractivity contribution in [3.63, 3.8) is 0 Å². The van der Waals surface area contributed by atoms with Crippen LogP contribution >= 0.6 is 0 Å². The van der Waals surface area contributed by atoms with E-state index in [0.717, 1.165) is 31.6 Å². The van der Waals surface area contributed by atoms with Crippen LogP contribution in [0.2, 0.25) is 0 Å². The molecule has 0 radical (unpaired) electrons. The third kappa shape index (κ3) is 3.38. The van der Waals surface area contributed by atoms with Crippen LogP contribution in [0.3, 0.4) is 0 Å². The molecule has 0 amide bonds. The minimum absolute atomic E-state index is 0.0937. The number of ether oxygens (including phenoxy) is 1. The van der Waals surface area contributed by atoms with Crippen LogP contribution in [-0.4, -0.2) is 23.9 Å². The largest absolute Gasteiger partial charge is 0.457 e. The molecular weight excluding hydrogens is 374 g/mol. The van der Waals surface area contributed by atoms with Crippen LogP contribution in [0.4, 0.5) is 0 Å². The van der Waals surface area contributed by atoms with Gasteiger partial charge in [-0.1, -0.05) is 33.3 Å². The molecule has 3 fully saturated rings. The maximum Gasteiger partial charge on any atom is 0.323 e. The molecule has 0 aliphatic heterocycles. The van der Waals surface area contributed by atoms with Crippen molar-refractivity contribution in [2.45, 2.75) is 98.1 Å². The lowest BCUT2D eigenvalue weighted by molar-refractivity contribution is -0.151. The number of esters is 1. The fraction of sp³-hybridized carbons (Fsp3) is 0.846. The Labute approximate surface area is 182 Å². The summed E-state index contributed by atoms with van der Waals surface area (Å²) in [6.07, 6.45) is 11.2. The molecule has 0 heterocycles. The Morgan fingerprint density at radius 3 is 2.47 bits per heavy atom. The lowest BCUT2D eigenvalue weighted by Crippen LogP contribution is -2.51. The van der Waals surface area contributed by atoms with Crippen LogP contribution in [0.25, 0.3) is 0 Å². The number of fused-ring (bicyclic) bond motifs is 5. The van der Waals surface area contributed by atoms with Crippen LogP contribution < -0.4 is 5.73 Å². The molecule has 4 aliphatic carbocycles. The summed E-state index contributed by atoms with van der Waals surface area (Å²) in [5.41, 5.74) is 7.94. The van der Waals surface area contributed by atoms with Gasteiger partial charge in [-0.3, -0.25) is 9.59 Å². The minimum Gasteiger partial charge on any atom is -0.457 e. The van der Waals surface area contributed by atoms with Crippen LogP contribution in [0.1, 0.15) is 86.0 Å². The first-order chi connectivity index (χ1) is 14.1. The van der Waals surface area contributed by atoms with Gasteiger partial charge in [0.2, 0.25) is 0 Å². The molecule has 168 valence electrons. The number of hydrogen-bond acceptors (Lipinski definition) is 4. The summed E-state index contributed by atoms with van der Waals surface area (Å²) in [5.74, 6) is 2.65. The van der Waals surface area contributed by atoms with Gasteiger partial charge < -0.3 is 10.5 Å². The van der Waals surface area contributed by atoms with Crippen molar-refractivity contribution in [1.82, 2.24) is 0 Å². The van der Waals surface area contributed by atoms with E-state index in [4.69, 9.17) is 10.5 Å². The third-order valence-electron chi connectivity index (χ3n) is 9.82. The summed E-state index contributed by atoms with van der Waals surface area (Å²) in [5, 5.41) is 0. The van der Waals surface area contributed by atoms with E-state index in [1.807, 2.05) is 13.8 Å². The Hall–Kier alpha value is -1.16. The first-order valence-electron chi connectivity index (χ1n) is 12.3. The van der Waals surface area contributed by atoms with Crippen LogP contribution in [0.5, 0.6) is 0 Å². The lowest BCUT2D eigenvalue weighted by Gasteiger charge is -2.58. The Bertz CT molecular complexity index is 743. The van der Waals surface area contributed by atoms with E-state index in [9.17, 15) is 9.59 Å². The average Bonchev–Trinajstić information content (AvgIpc) is 3.05. The SMILES string of the molecule is CC(=O)[C@H]1CC[C@H]2[C@@H]3CCC4=C[C@H](OC(=O)[C@@H](N)C(C)C)CC[C@]4(C)[C@H]3CC[C@]12C. The molecule has 30 heavy (non-hydrogen) atoms. The standard InChI is InChI=1S/C26H41NO3/c1-15(2)23(27)24(29)30-18-10-12-25(4)17(14-18)6-7-19-21-9-8-20(16(3)28)26(21,5)13-11-22(19)25/h14-15,18-23H,6-13,27H2,1-5H3/t18-,19+,20-,21+,22+,23+,25+,26-/m1/s1. The van der Waals surface area contributed by atoms with Crippen molar-refractivity contribution in [3.8, 4) is 0 Å². The van der Waals surface area contributed by atoms with Gasteiger partial charge in [-0.2, -0.15) is 0 Å². The maximum atomic E-state index is 12.4. The molecular formula is C26H41NO3. The average molecular weight is 416 g/mol. The third-order valence-corrected chi connectivity index (χ3v) is 9.82. The predicted octanol–water partition coefficient (Wildman–Crippen LogP) is 5.05. The van der Waals surface area contributed by atoms with Crippen molar-refractivity contribution in [2.75, 3.05) is 0 Å². The number of carbonyl (C=O) groups is 2. The molecule has 8 atom stereocenters. The Morgan fingerprint density at radius 2 is 1.80 bits per heavy atom. The zero-order valence-electron chi connectivity index (χ0n) is 19.6. The predicted molar refractivity (Wildman–Crippen MR) is 119 cm³/mol. The summed E-state index contributed by atoms with van der Waals surface area (Å²) < 4.78 is 5.79. The van der Waals surface area contributed by atoms with Gasteiger partial charge in [-0.05, 0) is 98.9 Å². The van der Waals surface area contributed by atoms with Gasteiger partial charge in [0.15, 0.2) is 0 Å². The normalized spacial score (nSPS) is 43.8. The molecule has 0 bridgehead atoms. The molecule has 4 aliphatic rings. The van der Waals surface area contributed by atoms with Crippen LogP contribution in [0.15, 0.2) is 11.6 Å².